The molecular formula is C12H18N4. The van der Waals surface area contributed by atoms with Crippen molar-refractivity contribution in [3.63, 3.8) is 0 Å². The number of nitrogens with one attached hydrogen (secondary N) is 1. The van der Waals surface area contributed by atoms with Crippen molar-refractivity contribution in [2.75, 3.05) is 5.32 Å². The Bertz CT molecular complexity index is 428. The van der Waals surface area contributed by atoms with Crippen molar-refractivity contribution < 1.29 is 0 Å². The van der Waals surface area contributed by atoms with E-state index in [1.54, 1.807) is 4.52 Å². The second kappa shape index (κ2) is 4.51. The summed E-state index contributed by atoms with van der Waals surface area (Å²) in [5, 5.41) is 7.67. The van der Waals surface area contributed by atoms with Gasteiger partial charge in [-0.2, -0.15) is 4.98 Å². The average molecular weight is 218 g/mol. The summed E-state index contributed by atoms with van der Waals surface area (Å²) in [6.45, 7) is 6.59. The molecule has 4 nitrogen and oxygen atoms in total. The van der Waals surface area contributed by atoms with Gasteiger partial charge in [-0.25, -0.2) is 4.52 Å². The summed E-state index contributed by atoms with van der Waals surface area (Å²) in [5.41, 5.74) is 0.877. The van der Waals surface area contributed by atoms with E-state index < -0.39 is 0 Å². The molecule has 2 heterocycles. The maximum absolute atomic E-state index is 4.40. The molecule has 0 fully saturated rings. The Labute approximate surface area is 95.7 Å². The molecule has 2 aromatic rings. The minimum atomic E-state index is 0.400. The summed E-state index contributed by atoms with van der Waals surface area (Å²) < 4.78 is 1.78. The first-order chi connectivity index (χ1) is 7.65. The van der Waals surface area contributed by atoms with Gasteiger partial charge in [0.2, 0.25) is 5.95 Å². The first kappa shape index (κ1) is 10.9. The van der Waals surface area contributed by atoms with E-state index >= 15 is 0 Å². The lowest BCUT2D eigenvalue weighted by molar-refractivity contribution is 0.537. The first-order valence-corrected chi connectivity index (χ1v) is 5.73. The van der Waals surface area contributed by atoms with Crippen LogP contribution in [0.3, 0.4) is 0 Å². The number of fused-ring (bicyclic) bond motifs is 1. The molecule has 0 saturated heterocycles. The van der Waals surface area contributed by atoms with Crippen LogP contribution >= 0.6 is 0 Å². The van der Waals surface area contributed by atoms with Crippen molar-refractivity contribution in [2.45, 2.75) is 33.2 Å². The number of rotatable bonds is 4. The van der Waals surface area contributed by atoms with Gasteiger partial charge in [-0.3, -0.25) is 0 Å². The van der Waals surface area contributed by atoms with Crippen molar-refractivity contribution in [1.29, 1.82) is 0 Å². The fourth-order valence-corrected chi connectivity index (χ4v) is 1.88. The average Bonchev–Trinajstić information content (AvgIpc) is 2.57. The van der Waals surface area contributed by atoms with E-state index in [0.717, 1.165) is 12.1 Å². The zero-order valence-corrected chi connectivity index (χ0v) is 10.0. The quantitative estimate of drug-likeness (QED) is 0.857. The number of pyridine rings is 1. The Morgan fingerprint density at radius 3 is 2.81 bits per heavy atom. The van der Waals surface area contributed by atoms with E-state index in [1.807, 2.05) is 24.4 Å². The van der Waals surface area contributed by atoms with Crippen LogP contribution in [-0.2, 0) is 0 Å². The molecule has 0 saturated carbocycles. The summed E-state index contributed by atoms with van der Waals surface area (Å²) in [4.78, 5) is 4.40. The standard InChI is InChI=1S/C12H18N4/c1-9(2)8-10(3)13-12-14-11-6-4-5-7-16(11)15-12/h4-7,9-10H,8H2,1-3H3,(H,13,15). The lowest BCUT2D eigenvalue weighted by Gasteiger charge is -2.13. The van der Waals surface area contributed by atoms with Crippen LogP contribution in [0.2, 0.25) is 0 Å². The van der Waals surface area contributed by atoms with Crippen molar-refractivity contribution in [2.24, 2.45) is 5.92 Å². The van der Waals surface area contributed by atoms with Crippen LogP contribution in [0.1, 0.15) is 27.2 Å². The van der Waals surface area contributed by atoms with Gasteiger partial charge in [0, 0.05) is 12.2 Å². The molecule has 2 aromatic heterocycles. The van der Waals surface area contributed by atoms with Crippen LogP contribution in [-0.4, -0.2) is 20.6 Å². The fraction of sp³-hybridized carbons (Fsp3) is 0.500. The lowest BCUT2D eigenvalue weighted by Crippen LogP contribution is -2.18. The highest BCUT2D eigenvalue weighted by atomic mass is 15.3. The van der Waals surface area contributed by atoms with Crippen LogP contribution in [0.5, 0.6) is 0 Å². The van der Waals surface area contributed by atoms with E-state index in [2.05, 4.69) is 36.2 Å². The molecule has 2 rings (SSSR count). The third-order valence-electron chi connectivity index (χ3n) is 2.44. The van der Waals surface area contributed by atoms with Gasteiger partial charge >= 0.3 is 0 Å². The fourth-order valence-electron chi connectivity index (χ4n) is 1.88. The van der Waals surface area contributed by atoms with Crippen molar-refractivity contribution in [1.82, 2.24) is 14.6 Å². The first-order valence-electron chi connectivity index (χ1n) is 5.73. The summed E-state index contributed by atoms with van der Waals surface area (Å²) in [6, 6.07) is 6.26. The van der Waals surface area contributed by atoms with Gasteiger partial charge in [0.15, 0.2) is 5.65 Å². The van der Waals surface area contributed by atoms with Crippen LogP contribution in [0.25, 0.3) is 5.65 Å². The van der Waals surface area contributed by atoms with Gasteiger partial charge in [0.1, 0.15) is 0 Å². The molecule has 0 aromatic carbocycles. The third-order valence-corrected chi connectivity index (χ3v) is 2.44. The molecule has 0 aliphatic heterocycles. The summed E-state index contributed by atoms with van der Waals surface area (Å²) >= 11 is 0. The molecule has 0 spiro atoms. The molecule has 4 heteroatoms. The molecule has 0 bridgehead atoms. The molecule has 86 valence electrons. The Morgan fingerprint density at radius 2 is 2.12 bits per heavy atom. The minimum absolute atomic E-state index is 0.400. The SMILES string of the molecule is CC(C)CC(C)Nc1nc2ccccn2n1. The van der Waals surface area contributed by atoms with Crippen LogP contribution in [0.15, 0.2) is 24.4 Å². The Hall–Kier alpha value is -1.58. The maximum atomic E-state index is 4.40. The van der Waals surface area contributed by atoms with E-state index in [-0.39, 0.29) is 0 Å². The number of anilines is 1. The molecule has 0 radical (unpaired) electrons. The smallest absolute Gasteiger partial charge is 0.243 e. The third kappa shape index (κ3) is 2.51. The van der Waals surface area contributed by atoms with Crippen molar-refractivity contribution >= 4 is 11.6 Å². The van der Waals surface area contributed by atoms with Gasteiger partial charge < -0.3 is 5.32 Å². The molecule has 1 N–H and O–H groups in total. The Balaban J connectivity index is 2.09. The Kier molecular flexibility index (Phi) is 3.08. The summed E-state index contributed by atoms with van der Waals surface area (Å²) in [7, 11) is 0. The monoisotopic (exact) mass is 218 g/mol. The number of nitrogens with zero attached hydrogens (tertiary/aromatic N) is 3. The molecule has 0 aliphatic carbocycles. The highest BCUT2D eigenvalue weighted by Gasteiger charge is 2.08. The second-order valence-corrected chi connectivity index (χ2v) is 4.61. The van der Waals surface area contributed by atoms with E-state index in [9.17, 15) is 0 Å². The molecule has 1 atom stereocenters. The largest absolute Gasteiger partial charge is 0.350 e. The molecular weight excluding hydrogens is 200 g/mol. The Morgan fingerprint density at radius 1 is 1.31 bits per heavy atom. The predicted octanol–water partition coefficient (Wildman–Crippen LogP) is 2.58. The normalized spacial score (nSPS) is 13.2. The van der Waals surface area contributed by atoms with Crippen molar-refractivity contribution in [3.05, 3.63) is 24.4 Å². The van der Waals surface area contributed by atoms with Crippen LogP contribution < -0.4 is 5.32 Å². The lowest BCUT2D eigenvalue weighted by atomic mass is 10.1. The van der Waals surface area contributed by atoms with E-state index in [0.29, 0.717) is 17.9 Å². The molecule has 0 aliphatic rings. The molecule has 16 heavy (non-hydrogen) atoms. The maximum Gasteiger partial charge on any atom is 0.243 e. The van der Waals surface area contributed by atoms with Gasteiger partial charge in [-0.05, 0) is 31.4 Å². The van der Waals surface area contributed by atoms with Crippen LogP contribution in [0, 0.1) is 5.92 Å². The predicted molar refractivity (Wildman–Crippen MR) is 65.5 cm³/mol. The van der Waals surface area contributed by atoms with Gasteiger partial charge in [-0.15, -0.1) is 5.10 Å². The molecule has 0 amide bonds. The number of aromatic nitrogens is 3. The zero-order chi connectivity index (χ0) is 11.5. The summed E-state index contributed by atoms with van der Waals surface area (Å²) in [5.74, 6) is 1.39. The zero-order valence-electron chi connectivity index (χ0n) is 10.0. The van der Waals surface area contributed by atoms with Gasteiger partial charge in [-0.1, -0.05) is 19.9 Å². The van der Waals surface area contributed by atoms with Crippen molar-refractivity contribution in [3.8, 4) is 0 Å². The van der Waals surface area contributed by atoms with E-state index in [4.69, 9.17) is 0 Å². The summed E-state index contributed by atoms with van der Waals surface area (Å²) in [6.07, 6.45) is 3.02. The topological polar surface area (TPSA) is 42.2 Å². The van der Waals surface area contributed by atoms with Gasteiger partial charge in [0.05, 0.1) is 0 Å². The van der Waals surface area contributed by atoms with E-state index in [1.165, 1.54) is 0 Å². The van der Waals surface area contributed by atoms with Gasteiger partial charge in [0.25, 0.3) is 0 Å². The number of hydrogen-bond acceptors (Lipinski definition) is 3. The second-order valence-electron chi connectivity index (χ2n) is 4.61. The number of hydrogen-bond donors (Lipinski definition) is 1. The highest BCUT2D eigenvalue weighted by Crippen LogP contribution is 2.10. The molecule has 1 unspecified atom stereocenters. The highest BCUT2D eigenvalue weighted by molar-refractivity contribution is 5.43. The minimum Gasteiger partial charge on any atom is -0.350 e. The van der Waals surface area contributed by atoms with Crippen LogP contribution in [0.4, 0.5) is 5.95 Å².